The second-order valence-electron chi connectivity index (χ2n) is 9.64. The van der Waals surface area contributed by atoms with Gasteiger partial charge in [-0.15, -0.1) is 0 Å². The molecular weight excluding hydrogens is 497 g/mol. The monoisotopic (exact) mass is 530 g/mol. The molecule has 204 valence electrons. The number of rotatable bonds is 9. The summed E-state index contributed by atoms with van der Waals surface area (Å²) in [7, 11) is 0. The molecule has 2 aliphatic rings. The lowest BCUT2D eigenvalue weighted by molar-refractivity contribution is -0.137. The van der Waals surface area contributed by atoms with Crippen LogP contribution in [0.1, 0.15) is 24.7 Å². The van der Waals surface area contributed by atoms with Gasteiger partial charge in [-0.1, -0.05) is 18.1 Å². The van der Waals surface area contributed by atoms with Crippen LogP contribution < -0.4 is 14.4 Å². The molecule has 2 aliphatic heterocycles. The van der Waals surface area contributed by atoms with Crippen molar-refractivity contribution in [2.45, 2.75) is 26.1 Å². The number of ether oxygens (including phenoxy) is 2. The summed E-state index contributed by atoms with van der Waals surface area (Å²) < 4.78 is 56.1. The van der Waals surface area contributed by atoms with E-state index >= 15 is 0 Å². The highest BCUT2D eigenvalue weighted by Gasteiger charge is 2.31. The van der Waals surface area contributed by atoms with Gasteiger partial charge >= 0.3 is 6.18 Å². The van der Waals surface area contributed by atoms with Crippen molar-refractivity contribution in [2.75, 3.05) is 63.9 Å². The zero-order valence-electron chi connectivity index (χ0n) is 21.5. The van der Waals surface area contributed by atoms with Crippen LogP contribution in [0.5, 0.6) is 11.5 Å². The van der Waals surface area contributed by atoms with Crippen LogP contribution in [0.2, 0.25) is 0 Å². The van der Waals surface area contributed by atoms with Gasteiger partial charge in [0.15, 0.2) is 17.3 Å². The number of benzene rings is 2. The Morgan fingerprint density at radius 1 is 0.947 bits per heavy atom. The molecule has 3 aromatic rings. The summed E-state index contributed by atoms with van der Waals surface area (Å²) in [5.41, 5.74) is 1.74. The summed E-state index contributed by atoms with van der Waals surface area (Å²) in [6.45, 7) is 9.79. The Labute approximate surface area is 220 Å². The SMILES string of the molecule is CCN(CCCN1CCN(c2cccc(C(F)(F)F)c2)CC1)Cc1cc(-c2ccc3c(c2)OCCO3)no1. The molecule has 0 amide bonds. The molecule has 0 spiro atoms. The maximum Gasteiger partial charge on any atom is 0.416 e. The first-order chi connectivity index (χ1) is 18.4. The Balaban J connectivity index is 1.07. The Hall–Kier alpha value is -3.24. The fraction of sp³-hybridized carbons (Fsp3) is 0.464. The Bertz CT molecular complexity index is 1210. The van der Waals surface area contributed by atoms with Gasteiger partial charge in [-0.25, -0.2) is 0 Å². The van der Waals surface area contributed by atoms with Crippen LogP contribution in [0.15, 0.2) is 53.1 Å². The average molecular weight is 531 g/mol. The van der Waals surface area contributed by atoms with E-state index in [9.17, 15) is 13.2 Å². The summed E-state index contributed by atoms with van der Waals surface area (Å²) in [6, 6.07) is 13.4. The van der Waals surface area contributed by atoms with E-state index in [1.54, 1.807) is 6.07 Å². The second-order valence-corrected chi connectivity index (χ2v) is 9.64. The van der Waals surface area contributed by atoms with Gasteiger partial charge in [0.2, 0.25) is 0 Å². The number of piperazine rings is 1. The van der Waals surface area contributed by atoms with Gasteiger partial charge < -0.3 is 18.9 Å². The predicted octanol–water partition coefficient (Wildman–Crippen LogP) is 5.17. The van der Waals surface area contributed by atoms with E-state index in [1.165, 1.54) is 12.1 Å². The molecule has 0 radical (unpaired) electrons. The minimum Gasteiger partial charge on any atom is -0.486 e. The number of aromatic nitrogens is 1. The van der Waals surface area contributed by atoms with Gasteiger partial charge in [-0.2, -0.15) is 13.2 Å². The quantitative estimate of drug-likeness (QED) is 0.379. The van der Waals surface area contributed by atoms with Crippen molar-refractivity contribution in [1.29, 1.82) is 0 Å². The molecule has 1 saturated heterocycles. The van der Waals surface area contributed by atoms with Gasteiger partial charge in [0, 0.05) is 43.5 Å². The normalized spacial score (nSPS) is 16.3. The van der Waals surface area contributed by atoms with E-state index in [0.717, 1.165) is 86.8 Å². The van der Waals surface area contributed by atoms with Crippen LogP contribution in [0, 0.1) is 0 Å². The zero-order chi connectivity index (χ0) is 26.5. The van der Waals surface area contributed by atoms with Crippen LogP contribution >= 0.6 is 0 Å². The van der Waals surface area contributed by atoms with E-state index in [1.807, 2.05) is 29.2 Å². The summed E-state index contributed by atoms with van der Waals surface area (Å²) in [4.78, 5) is 6.74. The maximum absolute atomic E-state index is 13.1. The molecule has 1 fully saturated rings. The maximum atomic E-state index is 13.1. The van der Waals surface area contributed by atoms with Crippen LogP contribution in [-0.2, 0) is 12.7 Å². The van der Waals surface area contributed by atoms with E-state index in [4.69, 9.17) is 14.0 Å². The number of nitrogens with zero attached hydrogens (tertiary/aromatic N) is 4. The predicted molar refractivity (Wildman–Crippen MR) is 139 cm³/mol. The van der Waals surface area contributed by atoms with Gasteiger partial charge in [-0.05, 0) is 62.5 Å². The number of hydrogen-bond donors (Lipinski definition) is 0. The number of anilines is 1. The molecule has 7 nitrogen and oxygen atoms in total. The van der Waals surface area contributed by atoms with Crippen molar-refractivity contribution in [1.82, 2.24) is 15.0 Å². The fourth-order valence-electron chi connectivity index (χ4n) is 4.92. The lowest BCUT2D eigenvalue weighted by Crippen LogP contribution is -2.47. The third-order valence-electron chi connectivity index (χ3n) is 7.08. The Morgan fingerprint density at radius 3 is 2.50 bits per heavy atom. The first-order valence-corrected chi connectivity index (χ1v) is 13.1. The standard InChI is InChI=1S/C28H33F3N4O3/c1-2-33(20-24-19-25(32-38-24)21-7-8-26-27(17-21)37-16-15-36-26)9-4-10-34-11-13-35(14-12-34)23-6-3-5-22(18-23)28(29,30)31/h3,5-8,17-19H,2,4,9-16,20H2,1H3. The summed E-state index contributed by atoms with van der Waals surface area (Å²) in [6.07, 6.45) is -3.32. The van der Waals surface area contributed by atoms with Crippen LogP contribution in [0.25, 0.3) is 11.3 Å². The third kappa shape index (κ3) is 6.42. The largest absolute Gasteiger partial charge is 0.486 e. The van der Waals surface area contributed by atoms with Crippen molar-refractivity contribution >= 4 is 5.69 Å². The van der Waals surface area contributed by atoms with Gasteiger partial charge in [-0.3, -0.25) is 9.80 Å². The van der Waals surface area contributed by atoms with Gasteiger partial charge in [0.25, 0.3) is 0 Å². The molecule has 10 heteroatoms. The lowest BCUT2D eigenvalue weighted by Gasteiger charge is -2.36. The van der Waals surface area contributed by atoms with Crippen molar-refractivity contribution in [3.8, 4) is 22.8 Å². The molecular formula is C28H33F3N4O3. The molecule has 0 bridgehead atoms. The first kappa shape index (κ1) is 26.4. The Morgan fingerprint density at radius 2 is 1.74 bits per heavy atom. The molecule has 0 atom stereocenters. The smallest absolute Gasteiger partial charge is 0.416 e. The number of halogens is 3. The molecule has 0 saturated carbocycles. The average Bonchev–Trinajstić information content (AvgIpc) is 3.41. The van der Waals surface area contributed by atoms with E-state index in [2.05, 4.69) is 21.9 Å². The van der Waals surface area contributed by atoms with Crippen molar-refractivity contribution in [3.63, 3.8) is 0 Å². The molecule has 0 N–H and O–H groups in total. The van der Waals surface area contributed by atoms with Crippen molar-refractivity contribution in [3.05, 3.63) is 59.9 Å². The van der Waals surface area contributed by atoms with E-state index in [0.29, 0.717) is 25.4 Å². The number of fused-ring (bicyclic) bond motifs is 1. The summed E-state index contributed by atoms with van der Waals surface area (Å²) in [5.74, 6) is 2.29. The Kier molecular flexibility index (Phi) is 8.09. The van der Waals surface area contributed by atoms with Gasteiger partial charge in [0.05, 0.1) is 12.1 Å². The zero-order valence-corrected chi connectivity index (χ0v) is 21.5. The summed E-state index contributed by atoms with van der Waals surface area (Å²) in [5, 5.41) is 4.25. The van der Waals surface area contributed by atoms with Crippen molar-refractivity contribution < 1.29 is 27.2 Å². The molecule has 3 heterocycles. The molecule has 0 unspecified atom stereocenters. The first-order valence-electron chi connectivity index (χ1n) is 13.1. The molecule has 38 heavy (non-hydrogen) atoms. The fourth-order valence-corrected chi connectivity index (χ4v) is 4.92. The van der Waals surface area contributed by atoms with Crippen LogP contribution in [-0.4, -0.2) is 74.0 Å². The number of hydrogen-bond acceptors (Lipinski definition) is 7. The minimum absolute atomic E-state index is 0.539. The highest BCUT2D eigenvalue weighted by molar-refractivity contribution is 5.64. The minimum atomic E-state index is -4.32. The van der Waals surface area contributed by atoms with E-state index < -0.39 is 11.7 Å². The highest BCUT2D eigenvalue weighted by atomic mass is 19.4. The second kappa shape index (κ2) is 11.7. The molecule has 0 aliphatic carbocycles. The highest BCUT2D eigenvalue weighted by Crippen LogP contribution is 2.34. The lowest BCUT2D eigenvalue weighted by atomic mass is 10.1. The van der Waals surface area contributed by atoms with Gasteiger partial charge in [0.1, 0.15) is 18.9 Å². The van der Waals surface area contributed by atoms with Crippen LogP contribution in [0.4, 0.5) is 18.9 Å². The van der Waals surface area contributed by atoms with E-state index in [-0.39, 0.29) is 0 Å². The molecule has 1 aromatic heterocycles. The third-order valence-corrected chi connectivity index (χ3v) is 7.08. The number of alkyl halides is 3. The van der Waals surface area contributed by atoms with Crippen molar-refractivity contribution in [2.24, 2.45) is 0 Å². The van der Waals surface area contributed by atoms with Crippen LogP contribution in [0.3, 0.4) is 0 Å². The topological polar surface area (TPSA) is 54.2 Å². The molecule has 2 aromatic carbocycles. The molecule has 5 rings (SSSR count). The summed E-state index contributed by atoms with van der Waals surface area (Å²) >= 11 is 0.